The van der Waals surface area contributed by atoms with Crippen molar-refractivity contribution in [1.82, 2.24) is 0 Å². The molecule has 0 saturated carbocycles. The van der Waals surface area contributed by atoms with Crippen LogP contribution in [0.1, 0.15) is 0 Å². The van der Waals surface area contributed by atoms with Gasteiger partial charge in [0, 0.05) is 27.8 Å². The number of anilines is 3. The summed E-state index contributed by atoms with van der Waals surface area (Å²) in [6.07, 6.45) is 0. The third-order valence-electron chi connectivity index (χ3n) is 10.0. The van der Waals surface area contributed by atoms with Gasteiger partial charge in [0.2, 0.25) is 0 Å². The Hall–Kier alpha value is -6.64. The van der Waals surface area contributed by atoms with E-state index in [0.717, 1.165) is 39.0 Å². The van der Waals surface area contributed by atoms with Crippen molar-refractivity contribution in [3.63, 3.8) is 0 Å². The van der Waals surface area contributed by atoms with E-state index in [4.69, 9.17) is 4.42 Å². The Morgan fingerprint density at radius 2 is 0.760 bits per heavy atom. The summed E-state index contributed by atoms with van der Waals surface area (Å²) in [4.78, 5) is 2.35. The lowest BCUT2D eigenvalue weighted by Gasteiger charge is -2.26. The standard InChI is InChI=1S/C48H31NO/c1-2-12-37-30-48-45(29-36(37)11-1)46-31-40(27-28-47(46)50-48)49(38-23-19-34(20-24-38)43-17-7-13-32-9-3-5-15-41(32)43)39-25-21-35(22-26-39)44-18-8-14-33-10-4-6-16-42(33)44/h1-31H. The Morgan fingerprint density at radius 3 is 1.34 bits per heavy atom. The van der Waals surface area contributed by atoms with Gasteiger partial charge in [0.25, 0.3) is 0 Å². The van der Waals surface area contributed by atoms with Gasteiger partial charge in [0.05, 0.1) is 0 Å². The van der Waals surface area contributed by atoms with Gasteiger partial charge in [-0.2, -0.15) is 0 Å². The normalized spacial score (nSPS) is 11.6. The highest BCUT2D eigenvalue weighted by atomic mass is 16.3. The highest BCUT2D eigenvalue weighted by Crippen LogP contribution is 2.41. The van der Waals surface area contributed by atoms with Crippen molar-refractivity contribution in [3.8, 4) is 22.3 Å². The summed E-state index contributed by atoms with van der Waals surface area (Å²) in [5.41, 5.74) is 9.90. The third kappa shape index (κ3) is 4.73. The minimum atomic E-state index is 0.886. The van der Waals surface area contributed by atoms with Gasteiger partial charge >= 0.3 is 0 Å². The monoisotopic (exact) mass is 637 g/mol. The molecule has 0 fully saturated rings. The largest absolute Gasteiger partial charge is 0.456 e. The van der Waals surface area contributed by atoms with Crippen molar-refractivity contribution in [3.05, 3.63) is 188 Å². The molecule has 0 saturated heterocycles. The first-order valence-corrected chi connectivity index (χ1v) is 17.1. The quantitative estimate of drug-likeness (QED) is 0.187. The Kier molecular flexibility index (Phi) is 6.53. The molecular formula is C48H31NO. The first-order valence-electron chi connectivity index (χ1n) is 17.1. The van der Waals surface area contributed by atoms with E-state index in [2.05, 4.69) is 193 Å². The van der Waals surface area contributed by atoms with Gasteiger partial charge in [-0.3, -0.25) is 0 Å². The van der Waals surface area contributed by atoms with Crippen LogP contribution in [-0.2, 0) is 0 Å². The van der Waals surface area contributed by atoms with Crippen molar-refractivity contribution >= 4 is 71.3 Å². The molecule has 1 aromatic heterocycles. The van der Waals surface area contributed by atoms with E-state index in [-0.39, 0.29) is 0 Å². The summed E-state index contributed by atoms with van der Waals surface area (Å²) in [7, 11) is 0. The van der Waals surface area contributed by atoms with Gasteiger partial charge in [-0.05, 0) is 109 Å². The molecular weight excluding hydrogens is 607 g/mol. The lowest BCUT2D eigenvalue weighted by Crippen LogP contribution is -2.09. The van der Waals surface area contributed by atoms with E-state index in [9.17, 15) is 0 Å². The van der Waals surface area contributed by atoms with Gasteiger partial charge in [-0.1, -0.05) is 133 Å². The molecule has 0 aliphatic carbocycles. The first-order chi connectivity index (χ1) is 24.8. The second kappa shape index (κ2) is 11.5. The predicted octanol–water partition coefficient (Wildman–Crippen LogP) is 13.8. The molecule has 0 atom stereocenters. The second-order valence-electron chi connectivity index (χ2n) is 13.0. The maximum Gasteiger partial charge on any atom is 0.136 e. The molecule has 0 bridgehead atoms. The Labute approximate surface area is 290 Å². The van der Waals surface area contributed by atoms with Crippen LogP contribution < -0.4 is 4.90 Å². The van der Waals surface area contributed by atoms with Crippen molar-refractivity contribution < 1.29 is 4.42 Å². The van der Waals surface area contributed by atoms with Crippen LogP contribution in [0.25, 0.3) is 76.5 Å². The number of furan rings is 1. The lowest BCUT2D eigenvalue weighted by molar-refractivity contribution is 0.669. The molecule has 10 aromatic rings. The first kappa shape index (κ1) is 28.4. The zero-order valence-corrected chi connectivity index (χ0v) is 27.3. The molecule has 2 nitrogen and oxygen atoms in total. The summed E-state index contributed by atoms with van der Waals surface area (Å²) in [5.74, 6) is 0. The molecule has 0 N–H and O–H groups in total. The summed E-state index contributed by atoms with van der Waals surface area (Å²) < 4.78 is 6.39. The van der Waals surface area contributed by atoms with Crippen molar-refractivity contribution in [2.24, 2.45) is 0 Å². The number of hydrogen-bond acceptors (Lipinski definition) is 2. The van der Waals surface area contributed by atoms with Gasteiger partial charge in [-0.15, -0.1) is 0 Å². The maximum absolute atomic E-state index is 6.39. The molecule has 0 aliphatic rings. The van der Waals surface area contributed by atoms with E-state index >= 15 is 0 Å². The van der Waals surface area contributed by atoms with E-state index in [0.29, 0.717) is 0 Å². The number of rotatable bonds is 5. The van der Waals surface area contributed by atoms with E-state index in [1.54, 1.807) is 0 Å². The molecule has 1 heterocycles. The third-order valence-corrected chi connectivity index (χ3v) is 10.0. The predicted molar refractivity (Wildman–Crippen MR) is 212 cm³/mol. The molecule has 9 aromatic carbocycles. The average molecular weight is 638 g/mol. The molecule has 2 heteroatoms. The van der Waals surface area contributed by atoms with Crippen LogP contribution in [0.2, 0.25) is 0 Å². The molecule has 0 spiro atoms. The van der Waals surface area contributed by atoms with E-state index in [1.807, 2.05) is 0 Å². The summed E-state index contributed by atoms with van der Waals surface area (Å²) >= 11 is 0. The fourth-order valence-electron chi connectivity index (χ4n) is 7.57. The van der Waals surface area contributed by atoms with E-state index in [1.165, 1.54) is 54.6 Å². The van der Waals surface area contributed by atoms with Gasteiger partial charge in [-0.25, -0.2) is 0 Å². The number of benzene rings is 9. The van der Waals surface area contributed by atoms with Crippen LogP contribution in [-0.4, -0.2) is 0 Å². The SMILES string of the molecule is c1ccc2cc3c(cc2c1)oc1ccc(N(c2ccc(-c4cccc5ccccc45)cc2)c2ccc(-c4cccc5ccccc45)cc2)cc13. The van der Waals surface area contributed by atoms with Crippen molar-refractivity contribution in [1.29, 1.82) is 0 Å². The molecule has 234 valence electrons. The van der Waals surface area contributed by atoms with Crippen LogP contribution >= 0.6 is 0 Å². The van der Waals surface area contributed by atoms with Crippen LogP contribution in [0.3, 0.4) is 0 Å². The van der Waals surface area contributed by atoms with Gasteiger partial charge in [0.15, 0.2) is 0 Å². The number of hydrogen-bond donors (Lipinski definition) is 0. The molecule has 0 radical (unpaired) electrons. The number of nitrogens with zero attached hydrogens (tertiary/aromatic N) is 1. The Balaban J connectivity index is 1.12. The summed E-state index contributed by atoms with van der Waals surface area (Å²) in [6.45, 7) is 0. The van der Waals surface area contributed by atoms with Crippen LogP contribution in [0.5, 0.6) is 0 Å². The molecule has 0 unspecified atom stereocenters. The van der Waals surface area contributed by atoms with Gasteiger partial charge < -0.3 is 9.32 Å². The van der Waals surface area contributed by atoms with Crippen molar-refractivity contribution in [2.45, 2.75) is 0 Å². The number of fused-ring (bicyclic) bond motifs is 6. The van der Waals surface area contributed by atoms with Crippen LogP contribution in [0.4, 0.5) is 17.1 Å². The topological polar surface area (TPSA) is 16.4 Å². The fraction of sp³-hybridized carbons (Fsp3) is 0. The zero-order chi connectivity index (χ0) is 33.0. The highest BCUT2D eigenvalue weighted by molar-refractivity contribution is 6.11. The minimum Gasteiger partial charge on any atom is -0.456 e. The second-order valence-corrected chi connectivity index (χ2v) is 13.0. The maximum atomic E-state index is 6.39. The van der Waals surface area contributed by atoms with E-state index < -0.39 is 0 Å². The molecule has 0 amide bonds. The Morgan fingerprint density at radius 1 is 0.300 bits per heavy atom. The highest BCUT2D eigenvalue weighted by Gasteiger charge is 2.17. The summed E-state index contributed by atoms with van der Waals surface area (Å²) in [5, 5.41) is 9.62. The van der Waals surface area contributed by atoms with Crippen LogP contribution in [0, 0.1) is 0 Å². The summed E-state index contributed by atoms with van der Waals surface area (Å²) in [6, 6.07) is 67.6. The fourth-order valence-corrected chi connectivity index (χ4v) is 7.57. The van der Waals surface area contributed by atoms with Crippen LogP contribution in [0.15, 0.2) is 192 Å². The smallest absolute Gasteiger partial charge is 0.136 e. The lowest BCUT2D eigenvalue weighted by atomic mass is 9.97. The van der Waals surface area contributed by atoms with Crippen molar-refractivity contribution in [2.75, 3.05) is 4.90 Å². The average Bonchev–Trinajstić information content (AvgIpc) is 3.54. The van der Waals surface area contributed by atoms with Gasteiger partial charge in [0.1, 0.15) is 11.2 Å². The Bertz CT molecular complexity index is 2730. The molecule has 10 rings (SSSR count). The minimum absolute atomic E-state index is 0.886. The zero-order valence-electron chi connectivity index (χ0n) is 27.3. The molecule has 50 heavy (non-hydrogen) atoms. The molecule has 0 aliphatic heterocycles.